The standard InChI is InChI=1S/C45H88NO7P/c1-6-8-10-12-14-16-18-20-21-22-23-24-25-26-27-29-31-33-35-37-40-50-42-44(43-52-54(48,49)51-41-39-46(3,4)5)53-45(47)38-36-34-32-30-28-19-17-15-13-11-9-7-2/h15,17,20-21,44H,6-14,16,18-19,22-43H2,1-5H3/p+1/b17-15-,21-20-. The summed E-state index contributed by atoms with van der Waals surface area (Å²) in [7, 11) is 1.67. The molecule has 0 aromatic rings. The van der Waals surface area contributed by atoms with Crippen molar-refractivity contribution in [3.8, 4) is 0 Å². The minimum atomic E-state index is -4.27. The number of rotatable bonds is 42. The summed E-state index contributed by atoms with van der Waals surface area (Å²) < 4.78 is 35.0. The zero-order chi connectivity index (χ0) is 39.9. The Bertz CT molecular complexity index is 920. The van der Waals surface area contributed by atoms with Crippen molar-refractivity contribution in [2.75, 3.05) is 54.1 Å². The average molecular weight is 787 g/mol. The van der Waals surface area contributed by atoms with Crippen LogP contribution in [-0.2, 0) is 27.9 Å². The summed E-state index contributed by atoms with van der Waals surface area (Å²) in [5.74, 6) is -0.323. The number of hydrogen-bond donors (Lipinski definition) is 1. The molecule has 2 atom stereocenters. The molecule has 0 rings (SSSR count). The zero-order valence-corrected chi connectivity index (χ0v) is 37.1. The molecular weight excluding hydrogens is 697 g/mol. The first-order valence-electron chi connectivity index (χ1n) is 22.6. The van der Waals surface area contributed by atoms with Crippen LogP contribution in [0.2, 0.25) is 0 Å². The van der Waals surface area contributed by atoms with Gasteiger partial charge in [-0.25, -0.2) is 4.57 Å². The Morgan fingerprint density at radius 3 is 1.44 bits per heavy atom. The van der Waals surface area contributed by atoms with Crippen molar-refractivity contribution in [3.05, 3.63) is 24.3 Å². The molecule has 9 heteroatoms. The third kappa shape index (κ3) is 42.1. The molecule has 0 aliphatic rings. The fourth-order valence-electron chi connectivity index (χ4n) is 6.19. The number of hydrogen-bond acceptors (Lipinski definition) is 6. The summed E-state index contributed by atoms with van der Waals surface area (Å²) >= 11 is 0. The number of carbonyl (C=O) groups is 1. The van der Waals surface area contributed by atoms with Gasteiger partial charge in [-0.15, -0.1) is 0 Å². The lowest BCUT2D eigenvalue weighted by Crippen LogP contribution is -2.37. The molecule has 0 spiro atoms. The molecule has 0 heterocycles. The molecule has 0 aromatic heterocycles. The molecule has 0 saturated carbocycles. The number of esters is 1. The topological polar surface area (TPSA) is 91.3 Å². The average Bonchev–Trinajstić information content (AvgIpc) is 3.12. The van der Waals surface area contributed by atoms with Crippen LogP contribution in [0.1, 0.15) is 200 Å². The molecule has 1 N–H and O–H groups in total. The van der Waals surface area contributed by atoms with E-state index in [4.69, 9.17) is 18.5 Å². The number of phosphoric acid groups is 1. The van der Waals surface area contributed by atoms with Crippen LogP contribution in [0.15, 0.2) is 24.3 Å². The second-order valence-electron chi connectivity index (χ2n) is 16.4. The van der Waals surface area contributed by atoms with Gasteiger partial charge in [-0.05, 0) is 64.2 Å². The van der Waals surface area contributed by atoms with E-state index in [0.29, 0.717) is 24.1 Å². The predicted octanol–water partition coefficient (Wildman–Crippen LogP) is 13.2. The summed E-state index contributed by atoms with van der Waals surface area (Å²) in [5.41, 5.74) is 0. The highest BCUT2D eigenvalue weighted by molar-refractivity contribution is 7.47. The Morgan fingerprint density at radius 2 is 0.963 bits per heavy atom. The smallest absolute Gasteiger partial charge is 0.457 e. The Morgan fingerprint density at radius 1 is 0.556 bits per heavy atom. The van der Waals surface area contributed by atoms with E-state index in [2.05, 4.69) is 38.2 Å². The summed E-state index contributed by atoms with van der Waals surface area (Å²) in [6, 6.07) is 0. The van der Waals surface area contributed by atoms with Crippen molar-refractivity contribution in [1.29, 1.82) is 0 Å². The van der Waals surface area contributed by atoms with E-state index in [0.717, 1.165) is 44.9 Å². The molecule has 0 saturated heterocycles. The van der Waals surface area contributed by atoms with Crippen LogP contribution >= 0.6 is 7.82 Å². The second kappa shape index (κ2) is 38.8. The highest BCUT2D eigenvalue weighted by Gasteiger charge is 2.26. The second-order valence-corrected chi connectivity index (χ2v) is 17.9. The molecule has 54 heavy (non-hydrogen) atoms. The summed E-state index contributed by atoms with van der Waals surface area (Å²) in [4.78, 5) is 22.8. The van der Waals surface area contributed by atoms with E-state index in [-0.39, 0.29) is 25.8 Å². The molecule has 320 valence electrons. The van der Waals surface area contributed by atoms with Crippen LogP contribution in [0, 0.1) is 0 Å². The maximum atomic E-state index is 12.7. The van der Waals surface area contributed by atoms with Crippen molar-refractivity contribution in [2.24, 2.45) is 0 Å². The van der Waals surface area contributed by atoms with Gasteiger partial charge in [0.1, 0.15) is 19.3 Å². The molecule has 0 fully saturated rings. The van der Waals surface area contributed by atoms with E-state index >= 15 is 0 Å². The minimum absolute atomic E-state index is 0.0880. The fraction of sp³-hybridized carbons (Fsp3) is 0.889. The van der Waals surface area contributed by atoms with Crippen LogP contribution in [0.25, 0.3) is 0 Å². The van der Waals surface area contributed by atoms with Crippen LogP contribution in [-0.4, -0.2) is 75.6 Å². The summed E-state index contributed by atoms with van der Waals surface area (Å²) in [5, 5.41) is 0. The van der Waals surface area contributed by atoms with Gasteiger partial charge in [0.15, 0.2) is 0 Å². The first-order valence-corrected chi connectivity index (χ1v) is 24.1. The lowest BCUT2D eigenvalue weighted by Gasteiger charge is -2.24. The number of carbonyl (C=O) groups excluding carboxylic acids is 1. The SMILES string of the molecule is CCCCC/C=C\CCCCCCCC(=O)OC(COCCCCCCCCCCCC/C=C\CCCCCCCC)COP(=O)(O)OCC[N+](C)(C)C. The molecule has 0 aliphatic carbocycles. The predicted molar refractivity (Wildman–Crippen MR) is 229 cm³/mol. The number of nitrogens with zero attached hydrogens (tertiary/aromatic N) is 1. The lowest BCUT2D eigenvalue weighted by molar-refractivity contribution is -0.870. The Kier molecular flexibility index (Phi) is 38.1. The minimum Gasteiger partial charge on any atom is -0.457 e. The van der Waals surface area contributed by atoms with Crippen molar-refractivity contribution in [2.45, 2.75) is 206 Å². The highest BCUT2D eigenvalue weighted by atomic mass is 31.2. The first-order chi connectivity index (χ1) is 26.1. The number of phosphoric ester groups is 1. The molecule has 0 amide bonds. The molecule has 0 aliphatic heterocycles. The molecule has 0 aromatic carbocycles. The molecule has 2 unspecified atom stereocenters. The van der Waals surface area contributed by atoms with Crippen LogP contribution in [0.4, 0.5) is 0 Å². The van der Waals surface area contributed by atoms with Crippen molar-refractivity contribution in [3.63, 3.8) is 0 Å². The third-order valence-electron chi connectivity index (χ3n) is 9.74. The Balaban J connectivity index is 4.16. The zero-order valence-electron chi connectivity index (χ0n) is 36.2. The Labute approximate surface area is 334 Å². The number of ether oxygens (including phenoxy) is 2. The van der Waals surface area contributed by atoms with Gasteiger partial charge in [-0.3, -0.25) is 13.8 Å². The summed E-state index contributed by atoms with van der Waals surface area (Å²) in [6.45, 7) is 5.60. The van der Waals surface area contributed by atoms with Gasteiger partial charge < -0.3 is 18.9 Å². The lowest BCUT2D eigenvalue weighted by atomic mass is 10.1. The number of likely N-dealkylation sites (N-methyl/N-ethyl adjacent to an activating group) is 1. The molecule has 0 bridgehead atoms. The number of unbranched alkanes of at least 4 members (excludes halogenated alkanes) is 24. The van der Waals surface area contributed by atoms with Crippen LogP contribution < -0.4 is 0 Å². The summed E-state index contributed by atoms with van der Waals surface area (Å²) in [6.07, 6.45) is 43.5. The third-order valence-corrected chi connectivity index (χ3v) is 10.7. The van der Waals surface area contributed by atoms with Crippen LogP contribution in [0.5, 0.6) is 0 Å². The van der Waals surface area contributed by atoms with E-state index in [1.165, 1.54) is 135 Å². The highest BCUT2D eigenvalue weighted by Crippen LogP contribution is 2.43. The van der Waals surface area contributed by atoms with E-state index < -0.39 is 13.9 Å². The maximum absolute atomic E-state index is 12.7. The van der Waals surface area contributed by atoms with E-state index in [1.807, 2.05) is 21.1 Å². The quantitative estimate of drug-likeness (QED) is 0.0217. The number of quaternary nitrogens is 1. The maximum Gasteiger partial charge on any atom is 0.472 e. The van der Waals surface area contributed by atoms with Gasteiger partial charge in [0.05, 0.1) is 34.4 Å². The Hall–Kier alpha value is -1.02. The largest absolute Gasteiger partial charge is 0.472 e. The van der Waals surface area contributed by atoms with E-state index in [9.17, 15) is 14.3 Å². The number of allylic oxidation sites excluding steroid dienone is 4. The van der Waals surface area contributed by atoms with Gasteiger partial charge >= 0.3 is 13.8 Å². The van der Waals surface area contributed by atoms with Crippen molar-refractivity contribution in [1.82, 2.24) is 0 Å². The molecular formula is C45H89NO7P+. The van der Waals surface area contributed by atoms with Crippen LogP contribution in [0.3, 0.4) is 0 Å². The monoisotopic (exact) mass is 787 g/mol. The normalized spacial score (nSPS) is 14.0. The van der Waals surface area contributed by atoms with Gasteiger partial charge in [-0.1, -0.05) is 154 Å². The first kappa shape index (κ1) is 53.0. The van der Waals surface area contributed by atoms with Crippen molar-refractivity contribution >= 4 is 13.8 Å². The molecule has 8 nitrogen and oxygen atoms in total. The molecule has 0 radical (unpaired) electrons. The van der Waals surface area contributed by atoms with Gasteiger partial charge in [0.25, 0.3) is 0 Å². The van der Waals surface area contributed by atoms with Gasteiger partial charge in [0.2, 0.25) is 0 Å². The fourth-order valence-corrected chi connectivity index (χ4v) is 6.93. The van der Waals surface area contributed by atoms with E-state index in [1.54, 1.807) is 0 Å². The van der Waals surface area contributed by atoms with Crippen molar-refractivity contribution < 1.29 is 37.3 Å². The van der Waals surface area contributed by atoms with Gasteiger partial charge in [0, 0.05) is 13.0 Å². The van der Waals surface area contributed by atoms with Gasteiger partial charge in [-0.2, -0.15) is 0 Å².